The summed E-state index contributed by atoms with van der Waals surface area (Å²) in [6.07, 6.45) is 4.33. The summed E-state index contributed by atoms with van der Waals surface area (Å²) in [6.45, 7) is 4.24. The summed E-state index contributed by atoms with van der Waals surface area (Å²) in [5, 5.41) is 36.3. The highest BCUT2D eigenvalue weighted by Crippen LogP contribution is 2.45. The third-order valence-corrected chi connectivity index (χ3v) is 8.28. The minimum Gasteiger partial charge on any atom is -0.465 e. The van der Waals surface area contributed by atoms with Gasteiger partial charge in [-0.3, -0.25) is 4.90 Å². The number of rotatable bonds is 13. The molecule has 1 amide bonds. The monoisotopic (exact) mass is 582 g/mol. The Hall–Kier alpha value is -3.83. The van der Waals surface area contributed by atoms with Crippen LogP contribution >= 0.6 is 0 Å². The first-order valence-corrected chi connectivity index (χ1v) is 14.6. The first-order valence-electron chi connectivity index (χ1n) is 14.6. The highest BCUT2D eigenvalue weighted by atomic mass is 16.6. The van der Waals surface area contributed by atoms with Crippen LogP contribution in [0.2, 0.25) is 0 Å². The summed E-state index contributed by atoms with van der Waals surface area (Å²) in [5.74, 6) is 0.940. The van der Waals surface area contributed by atoms with Gasteiger partial charge in [0.1, 0.15) is 11.5 Å². The number of aryl methyl sites for hydroxylation is 1. The molecule has 228 valence electrons. The molecule has 0 saturated carbocycles. The summed E-state index contributed by atoms with van der Waals surface area (Å²) in [5.41, 5.74) is 0.354. The molecule has 0 unspecified atom stereocenters. The molecule has 0 bridgehead atoms. The Morgan fingerprint density at radius 2 is 1.86 bits per heavy atom. The Balaban J connectivity index is 1.62. The van der Waals surface area contributed by atoms with Crippen molar-refractivity contribution in [3.8, 4) is 11.5 Å². The minimum absolute atomic E-state index is 0.0400. The van der Waals surface area contributed by atoms with Gasteiger partial charge in [-0.2, -0.15) is 0 Å². The van der Waals surface area contributed by atoms with E-state index in [9.17, 15) is 20.0 Å². The normalized spacial score (nSPS) is 20.7. The zero-order valence-corrected chi connectivity index (χ0v) is 24.4. The van der Waals surface area contributed by atoms with E-state index in [4.69, 9.17) is 14.6 Å². The van der Waals surface area contributed by atoms with Crippen LogP contribution in [-0.2, 0) is 10.3 Å². The van der Waals surface area contributed by atoms with E-state index in [-0.39, 0.29) is 22.7 Å². The first kappa shape index (κ1) is 31.1. The average Bonchev–Trinajstić information content (AvgIpc) is 3.41. The number of benzene rings is 2. The molecule has 0 aromatic heterocycles. The molecule has 2 saturated heterocycles. The fraction of sp³-hybridized carbons (Fsp3) is 0.516. The van der Waals surface area contributed by atoms with Crippen LogP contribution in [0.15, 0.2) is 60.6 Å². The van der Waals surface area contributed by atoms with Crippen LogP contribution in [0.25, 0.3) is 0 Å². The molecule has 3 N–H and O–H groups in total. The van der Waals surface area contributed by atoms with Crippen molar-refractivity contribution >= 4 is 6.09 Å². The van der Waals surface area contributed by atoms with E-state index >= 15 is 0 Å². The average molecular weight is 583 g/mol. The van der Waals surface area contributed by atoms with Crippen LogP contribution in [-0.4, -0.2) is 77.0 Å². The van der Waals surface area contributed by atoms with Crippen LogP contribution < -0.4 is 10.1 Å². The number of nitrogens with zero attached hydrogens (tertiary/aromatic N) is 3. The lowest BCUT2D eigenvalue weighted by Crippen LogP contribution is -2.47. The molecular formula is C31H42N4O7. The lowest BCUT2D eigenvalue weighted by molar-refractivity contribution is -0.448. The van der Waals surface area contributed by atoms with Gasteiger partial charge in [0.25, 0.3) is 0 Å². The van der Waals surface area contributed by atoms with Gasteiger partial charge >= 0.3 is 11.9 Å². The van der Waals surface area contributed by atoms with E-state index < -0.39 is 11.7 Å². The molecule has 2 aromatic carbocycles. The van der Waals surface area contributed by atoms with Crippen molar-refractivity contribution in [3.63, 3.8) is 0 Å². The predicted molar refractivity (Wildman–Crippen MR) is 158 cm³/mol. The van der Waals surface area contributed by atoms with E-state index in [1.54, 1.807) is 16.9 Å². The van der Waals surface area contributed by atoms with Gasteiger partial charge in [-0.15, -0.1) is 0 Å². The van der Waals surface area contributed by atoms with Crippen LogP contribution in [0, 0.1) is 23.0 Å². The molecule has 11 heteroatoms. The third-order valence-electron chi connectivity index (χ3n) is 8.28. The first-order chi connectivity index (χ1) is 20.2. The quantitative estimate of drug-likeness (QED) is 0.171. The second-order valence-corrected chi connectivity index (χ2v) is 11.2. The molecule has 42 heavy (non-hydrogen) atoms. The predicted octanol–water partition coefficient (Wildman–Crippen LogP) is 4.92. The van der Waals surface area contributed by atoms with Gasteiger partial charge in [0, 0.05) is 38.3 Å². The maximum absolute atomic E-state index is 12.6. The molecule has 11 nitrogen and oxygen atoms in total. The maximum atomic E-state index is 12.6. The molecular weight excluding hydrogens is 540 g/mol. The Labute approximate surface area is 246 Å². The molecule has 0 spiro atoms. The van der Waals surface area contributed by atoms with Crippen molar-refractivity contribution in [1.29, 1.82) is 0 Å². The number of carboxylic acid groups (broad SMARTS) is 1. The number of aliphatic hydroxyl groups is 1. The second kappa shape index (κ2) is 14.4. The number of nitro groups is 1. The number of hydrogen-bond acceptors (Lipinski definition) is 8. The van der Waals surface area contributed by atoms with Crippen molar-refractivity contribution in [2.45, 2.75) is 57.1 Å². The molecule has 2 aliphatic rings. The summed E-state index contributed by atoms with van der Waals surface area (Å²) in [7, 11) is 1.66. The molecule has 3 atom stereocenters. The summed E-state index contributed by atoms with van der Waals surface area (Å²) < 4.78 is 11.6. The van der Waals surface area contributed by atoms with Crippen molar-refractivity contribution in [1.82, 2.24) is 15.1 Å². The summed E-state index contributed by atoms with van der Waals surface area (Å²) >= 11 is 0. The zero-order valence-electron chi connectivity index (χ0n) is 24.4. The summed E-state index contributed by atoms with van der Waals surface area (Å²) in [4.78, 5) is 26.5. The van der Waals surface area contributed by atoms with E-state index in [1.807, 2.05) is 55.5 Å². The Kier molecular flexibility index (Phi) is 10.6. The van der Waals surface area contributed by atoms with Gasteiger partial charge < -0.3 is 40.0 Å². The largest absolute Gasteiger partial charge is 0.465 e. The van der Waals surface area contributed by atoms with Crippen LogP contribution in [0.1, 0.15) is 49.7 Å². The van der Waals surface area contributed by atoms with Crippen LogP contribution in [0.5, 0.6) is 11.5 Å². The number of nitrogens with one attached hydrogen (secondary N) is 1. The molecule has 0 aliphatic carbocycles. The maximum Gasteiger partial charge on any atom is 0.404 e. The van der Waals surface area contributed by atoms with E-state index in [0.29, 0.717) is 82.0 Å². The van der Waals surface area contributed by atoms with Gasteiger partial charge in [-0.05, 0) is 68.1 Å². The number of likely N-dealkylation sites (tertiary alicyclic amines) is 2. The highest BCUT2D eigenvalue weighted by Gasteiger charge is 2.45. The summed E-state index contributed by atoms with van der Waals surface area (Å²) in [6, 6.07) is 15.0. The topological polar surface area (TPSA) is 138 Å². The number of ether oxygens (including phenoxy) is 2. The van der Waals surface area contributed by atoms with E-state index in [1.165, 1.54) is 6.20 Å². The Morgan fingerprint density at radius 3 is 2.57 bits per heavy atom. The lowest BCUT2D eigenvalue weighted by Gasteiger charge is -2.41. The molecule has 0 radical (unpaired) electrons. The third kappa shape index (κ3) is 7.71. The number of para-hydroxylation sites is 2. The van der Waals surface area contributed by atoms with Gasteiger partial charge in [-0.1, -0.05) is 36.4 Å². The van der Waals surface area contributed by atoms with Crippen LogP contribution in [0.4, 0.5) is 4.79 Å². The van der Waals surface area contributed by atoms with Crippen molar-refractivity contribution in [2.75, 3.05) is 39.9 Å². The van der Waals surface area contributed by atoms with Crippen LogP contribution in [0.3, 0.4) is 0 Å². The van der Waals surface area contributed by atoms with Crippen molar-refractivity contribution in [2.24, 2.45) is 5.92 Å². The van der Waals surface area contributed by atoms with Gasteiger partial charge in [0.15, 0.2) is 0 Å². The number of carbonyl (C=O) groups is 1. The fourth-order valence-electron chi connectivity index (χ4n) is 6.08. The molecule has 2 aromatic rings. The number of amides is 1. The minimum atomic E-state index is -1.29. The standard InChI is InChI=1S/C31H42N4O7/c1-23-10-3-5-13-27(23)42-28-14-6-4-12-26(28)31(38,16-7-8-19-41-2)24-11-9-17-34(20-24)29(35(39)40)22-33-18-15-25(21-33)32-30(36)37/h3-6,10,12-14,22,24-25,32,38H,7-9,11,15-21H2,1-2H3,(H,36,37)/t24-,25+,31+/m1/s1. The second-order valence-electron chi connectivity index (χ2n) is 11.2. The fourth-order valence-corrected chi connectivity index (χ4v) is 6.08. The zero-order chi connectivity index (χ0) is 30.1. The lowest BCUT2D eigenvalue weighted by atomic mass is 9.73. The van der Waals surface area contributed by atoms with E-state index in [0.717, 1.165) is 12.0 Å². The van der Waals surface area contributed by atoms with Crippen molar-refractivity contribution in [3.05, 3.63) is 81.8 Å². The van der Waals surface area contributed by atoms with E-state index in [2.05, 4.69) is 5.32 Å². The van der Waals surface area contributed by atoms with Gasteiger partial charge in [0.2, 0.25) is 0 Å². The SMILES string of the molecule is COCCCC[C@@](O)(c1ccccc1Oc1ccccc1C)[C@@H]1CCCN(C(=CN2CC[C@H](NC(=O)O)C2)[N+](=O)[O-])C1. The number of piperidine rings is 1. The Bertz CT molecular complexity index is 1260. The number of unbranched alkanes of at least 4 members (excludes halogenated alkanes) is 1. The number of methoxy groups -OCH3 is 1. The van der Waals surface area contributed by atoms with Gasteiger partial charge in [0.05, 0.1) is 30.9 Å². The smallest absolute Gasteiger partial charge is 0.404 e. The molecule has 2 fully saturated rings. The molecule has 4 rings (SSSR count). The number of hydrogen-bond donors (Lipinski definition) is 3. The highest BCUT2D eigenvalue weighted by molar-refractivity contribution is 5.64. The molecule has 2 aliphatic heterocycles. The Morgan fingerprint density at radius 1 is 1.12 bits per heavy atom. The van der Waals surface area contributed by atoms with Crippen molar-refractivity contribution < 1.29 is 29.4 Å². The molecule has 2 heterocycles. The van der Waals surface area contributed by atoms with Gasteiger partial charge in [-0.25, -0.2) is 4.79 Å².